The second-order valence-corrected chi connectivity index (χ2v) is 3.69. The third-order valence-corrected chi connectivity index (χ3v) is 1.23. The van der Waals surface area contributed by atoms with Crippen LogP contribution in [0.15, 0.2) is 24.3 Å². The fraction of sp³-hybridized carbons (Fsp3) is 0.500. The average molecular weight is 329 g/mol. The first-order chi connectivity index (χ1) is 7.12. The van der Waals surface area contributed by atoms with Gasteiger partial charge in [0.1, 0.15) is 0 Å². The molecule has 0 heterocycles. The molecule has 0 saturated carbocycles. The van der Waals surface area contributed by atoms with E-state index in [1.54, 1.807) is 0 Å². The van der Waals surface area contributed by atoms with Gasteiger partial charge in [-0.3, -0.25) is 0 Å². The van der Waals surface area contributed by atoms with Gasteiger partial charge in [0.25, 0.3) is 0 Å². The molecule has 1 nitrogen and oxygen atoms in total. The van der Waals surface area contributed by atoms with E-state index < -0.39 is 0 Å². The Labute approximate surface area is 142 Å². The van der Waals surface area contributed by atoms with Crippen LogP contribution in [0.3, 0.4) is 0 Å². The van der Waals surface area contributed by atoms with E-state index in [2.05, 4.69) is 43.3 Å². The molecule has 1 aromatic rings. The molecule has 0 atom stereocenters. The van der Waals surface area contributed by atoms with Crippen LogP contribution in [0.4, 0.5) is 0 Å². The van der Waals surface area contributed by atoms with Crippen molar-refractivity contribution in [2.24, 2.45) is 0 Å². The van der Waals surface area contributed by atoms with Crippen LogP contribution in [0.5, 0.6) is 0 Å². The molecule has 18 heavy (non-hydrogen) atoms. The van der Waals surface area contributed by atoms with Crippen molar-refractivity contribution in [2.75, 3.05) is 14.1 Å². The van der Waals surface area contributed by atoms with Gasteiger partial charge in [-0.05, 0) is 20.6 Å². The molecule has 0 bridgehead atoms. The molecule has 0 N–H and O–H groups in total. The van der Waals surface area contributed by atoms with E-state index in [1.807, 2.05) is 40.5 Å². The minimum absolute atomic E-state index is 0. The van der Waals surface area contributed by atoms with Crippen molar-refractivity contribution in [3.63, 3.8) is 0 Å². The molecule has 1 rings (SSSR count). The molecular formula is C14H28Cl2NTi. The van der Waals surface area contributed by atoms with Crippen molar-refractivity contribution in [2.45, 2.75) is 34.2 Å². The van der Waals surface area contributed by atoms with Crippen LogP contribution in [-0.2, 0) is 28.3 Å². The predicted molar refractivity (Wildman–Crippen MR) is 85.2 cm³/mol. The van der Waals surface area contributed by atoms with Crippen LogP contribution < -0.4 is 0 Å². The maximum atomic E-state index is 2.16. The van der Waals surface area contributed by atoms with E-state index >= 15 is 0 Å². The zero-order valence-electron chi connectivity index (χ0n) is 12.4. The smallest absolute Gasteiger partial charge is 0.335 e. The Morgan fingerprint density at radius 3 is 1.39 bits per heavy atom. The van der Waals surface area contributed by atoms with Crippen LogP contribution >= 0.6 is 24.8 Å². The molecule has 0 spiro atoms. The first kappa shape index (κ1) is 31.2. The Balaban J connectivity index is -0.0000000549. The zero-order valence-corrected chi connectivity index (χ0v) is 15.6. The van der Waals surface area contributed by atoms with E-state index in [-0.39, 0.29) is 46.5 Å². The summed E-state index contributed by atoms with van der Waals surface area (Å²) in [6.07, 6.45) is 4.00. The van der Waals surface area contributed by atoms with E-state index in [1.165, 1.54) is 5.56 Å². The van der Waals surface area contributed by atoms with Gasteiger partial charge in [-0.1, -0.05) is 0 Å². The third-order valence-electron chi connectivity index (χ3n) is 1.23. The van der Waals surface area contributed by atoms with Gasteiger partial charge >= 0.3 is 21.7 Å². The van der Waals surface area contributed by atoms with Crippen LogP contribution in [0.2, 0.25) is 0 Å². The quantitative estimate of drug-likeness (QED) is 0.558. The monoisotopic (exact) mass is 328 g/mol. The molecule has 0 unspecified atom stereocenters. The average Bonchev–Trinajstić information content (AvgIpc) is 2.58. The summed E-state index contributed by atoms with van der Waals surface area (Å²) in [6.45, 7) is 9.05. The van der Waals surface area contributed by atoms with Gasteiger partial charge in [0.2, 0.25) is 0 Å². The third kappa shape index (κ3) is 30.0. The Morgan fingerprint density at radius 2 is 1.17 bits per heavy atom. The zero-order chi connectivity index (χ0) is 12.1. The summed E-state index contributed by atoms with van der Waals surface area (Å²) < 4.78 is 0. The number of halogens is 2. The van der Waals surface area contributed by atoms with Gasteiger partial charge in [-0.15, -0.1) is 30.4 Å². The number of nitrogens with zero attached hydrogens (tertiary/aromatic N) is 1. The van der Waals surface area contributed by atoms with Gasteiger partial charge in [-0.25, -0.2) is 12.1 Å². The van der Waals surface area contributed by atoms with Crippen LogP contribution in [0.1, 0.15) is 33.3 Å². The fourth-order valence-corrected chi connectivity index (χ4v) is 0.884. The van der Waals surface area contributed by atoms with E-state index in [0.29, 0.717) is 0 Å². The minimum Gasteiger partial charge on any atom is -0.335 e. The van der Waals surface area contributed by atoms with Crippen molar-refractivity contribution in [1.82, 2.24) is 4.90 Å². The summed E-state index contributed by atoms with van der Waals surface area (Å²) in [5, 5.41) is 0. The second kappa shape index (κ2) is 26.2. The summed E-state index contributed by atoms with van der Waals surface area (Å²) in [4.78, 5) is 2.16. The number of rotatable bonds is 2. The van der Waals surface area contributed by atoms with Gasteiger partial charge in [0.15, 0.2) is 0 Å². The molecule has 4 heteroatoms. The van der Waals surface area contributed by atoms with E-state index in [4.69, 9.17) is 0 Å². The van der Waals surface area contributed by atoms with Crippen LogP contribution in [0, 0.1) is 12.8 Å². The molecule has 0 aliphatic carbocycles. The largest absolute Gasteiger partial charge is 3.00 e. The molecule has 0 saturated heterocycles. The van der Waals surface area contributed by atoms with Gasteiger partial charge in [0, 0.05) is 0 Å². The van der Waals surface area contributed by atoms with E-state index in [9.17, 15) is 0 Å². The summed E-state index contributed by atoms with van der Waals surface area (Å²) in [5.74, 6) is 0. The standard InChI is InChI=1S/C8H12N.2C3H7.2ClH.Ti/c1-9(2)7-8-5-3-4-6-8;2*1-3-2;;;/h3-6H,7H2,1-2H3;2*3H,1-2H3;2*1H;/q3*-1;;;+3. The number of hydrogen-bond donors (Lipinski definition) is 0. The summed E-state index contributed by atoms with van der Waals surface area (Å²) >= 11 is 0. The first-order valence-corrected chi connectivity index (χ1v) is 5.45. The number of hydrogen-bond acceptors (Lipinski definition) is 1. The van der Waals surface area contributed by atoms with Crippen molar-refractivity contribution in [1.29, 1.82) is 0 Å². The maximum Gasteiger partial charge on any atom is 3.00 e. The van der Waals surface area contributed by atoms with Gasteiger partial charge in [-0.2, -0.15) is 39.8 Å². The molecule has 0 aliphatic rings. The molecule has 1 aromatic carbocycles. The van der Waals surface area contributed by atoms with Crippen molar-refractivity contribution >= 4 is 24.8 Å². The molecule has 0 fully saturated rings. The SMILES string of the molecule is CN(C)C[c-]1cccc1.C[CH-]C.C[CH-]C.Cl.Cl.[Ti+3]. The molecule has 1 radical (unpaired) electrons. The summed E-state index contributed by atoms with van der Waals surface area (Å²) in [7, 11) is 4.15. The van der Waals surface area contributed by atoms with Crippen LogP contribution in [0.25, 0.3) is 0 Å². The Bertz CT molecular complexity index is 188. The Morgan fingerprint density at radius 1 is 0.889 bits per heavy atom. The molecular weight excluding hydrogens is 301 g/mol. The van der Waals surface area contributed by atoms with Crippen LogP contribution in [-0.4, -0.2) is 19.0 Å². The fourth-order valence-electron chi connectivity index (χ4n) is 0.884. The molecule has 0 aromatic heterocycles. The maximum absolute atomic E-state index is 2.16. The molecule has 0 amide bonds. The van der Waals surface area contributed by atoms with Gasteiger partial charge < -0.3 is 17.7 Å². The topological polar surface area (TPSA) is 3.24 Å². The first-order valence-electron chi connectivity index (χ1n) is 5.45. The minimum atomic E-state index is 0. The molecule has 107 valence electrons. The second-order valence-electron chi connectivity index (χ2n) is 3.69. The Kier molecular flexibility index (Phi) is 45.4. The summed E-state index contributed by atoms with van der Waals surface area (Å²) in [6, 6.07) is 8.41. The van der Waals surface area contributed by atoms with Crippen molar-refractivity contribution < 1.29 is 21.7 Å². The molecule has 0 aliphatic heterocycles. The van der Waals surface area contributed by atoms with Crippen molar-refractivity contribution in [3.8, 4) is 0 Å². The van der Waals surface area contributed by atoms with Gasteiger partial charge in [0.05, 0.1) is 0 Å². The van der Waals surface area contributed by atoms with Crippen molar-refractivity contribution in [3.05, 3.63) is 42.7 Å². The normalized spacial score (nSPS) is 7.28. The summed E-state index contributed by atoms with van der Waals surface area (Å²) in [5.41, 5.74) is 1.39. The predicted octanol–water partition coefficient (Wildman–Crippen LogP) is 4.77. The van der Waals surface area contributed by atoms with E-state index in [0.717, 1.165) is 6.54 Å². The Hall–Kier alpha value is 0.604.